The van der Waals surface area contributed by atoms with Crippen molar-refractivity contribution in [2.75, 3.05) is 21.1 Å². The fraction of sp³-hybridized carbons (Fsp3) is 0.556. The minimum Gasteiger partial charge on any atom is -0.331 e. The van der Waals surface area contributed by atoms with E-state index in [1.165, 1.54) is 0 Å². The molecule has 0 spiro atoms. The SMILES string of the molecule is Cc1ncsc1CN(C)C(=O)N(C)C. The molecule has 0 aliphatic rings. The van der Waals surface area contributed by atoms with Gasteiger partial charge in [-0.1, -0.05) is 0 Å². The molecule has 0 radical (unpaired) electrons. The highest BCUT2D eigenvalue weighted by molar-refractivity contribution is 7.09. The van der Waals surface area contributed by atoms with E-state index in [4.69, 9.17) is 0 Å². The van der Waals surface area contributed by atoms with Crippen LogP contribution in [-0.4, -0.2) is 42.0 Å². The van der Waals surface area contributed by atoms with E-state index in [1.807, 2.05) is 6.92 Å². The summed E-state index contributed by atoms with van der Waals surface area (Å²) in [5.74, 6) is 0. The van der Waals surface area contributed by atoms with Gasteiger partial charge in [-0.05, 0) is 6.92 Å². The van der Waals surface area contributed by atoms with Crippen molar-refractivity contribution in [2.45, 2.75) is 13.5 Å². The van der Waals surface area contributed by atoms with Crippen LogP contribution < -0.4 is 0 Å². The zero-order valence-corrected chi connectivity index (χ0v) is 9.76. The second-order valence-corrected chi connectivity index (χ2v) is 4.33. The molecule has 0 unspecified atom stereocenters. The van der Waals surface area contributed by atoms with E-state index in [2.05, 4.69) is 4.98 Å². The summed E-state index contributed by atoms with van der Waals surface area (Å²) in [7, 11) is 5.29. The Kier molecular flexibility index (Phi) is 3.46. The Labute approximate surface area is 88.2 Å². The largest absolute Gasteiger partial charge is 0.331 e. The standard InChI is InChI=1S/C9H15N3OS/c1-7-8(14-6-10-7)5-12(4)9(13)11(2)3/h6H,5H2,1-4H3. The number of amides is 2. The van der Waals surface area contributed by atoms with Crippen molar-refractivity contribution < 1.29 is 4.79 Å². The summed E-state index contributed by atoms with van der Waals surface area (Å²) in [4.78, 5) is 20.0. The summed E-state index contributed by atoms with van der Waals surface area (Å²) in [5.41, 5.74) is 2.81. The van der Waals surface area contributed by atoms with Gasteiger partial charge in [0.25, 0.3) is 0 Å². The number of nitrogens with zero attached hydrogens (tertiary/aromatic N) is 3. The Balaban J connectivity index is 2.62. The molecule has 0 aromatic carbocycles. The molecule has 0 fully saturated rings. The lowest BCUT2D eigenvalue weighted by Gasteiger charge is -2.21. The highest BCUT2D eigenvalue weighted by Gasteiger charge is 2.12. The first-order valence-corrected chi connectivity index (χ1v) is 5.21. The van der Waals surface area contributed by atoms with Gasteiger partial charge >= 0.3 is 6.03 Å². The van der Waals surface area contributed by atoms with Crippen LogP contribution in [0.3, 0.4) is 0 Å². The second-order valence-electron chi connectivity index (χ2n) is 3.39. The van der Waals surface area contributed by atoms with E-state index >= 15 is 0 Å². The lowest BCUT2D eigenvalue weighted by molar-refractivity contribution is 0.180. The second kappa shape index (κ2) is 4.41. The molecule has 0 aliphatic carbocycles. The molecule has 0 atom stereocenters. The highest BCUT2D eigenvalue weighted by Crippen LogP contribution is 2.14. The predicted octanol–water partition coefficient (Wildman–Crippen LogP) is 1.56. The maximum atomic E-state index is 11.5. The topological polar surface area (TPSA) is 36.4 Å². The molecule has 14 heavy (non-hydrogen) atoms. The average molecular weight is 213 g/mol. The van der Waals surface area contributed by atoms with Crippen LogP contribution in [-0.2, 0) is 6.54 Å². The van der Waals surface area contributed by atoms with E-state index in [1.54, 1.807) is 47.8 Å². The molecule has 1 heterocycles. The molecule has 0 bridgehead atoms. The summed E-state index contributed by atoms with van der Waals surface area (Å²) < 4.78 is 0. The highest BCUT2D eigenvalue weighted by atomic mass is 32.1. The molecule has 1 aromatic rings. The summed E-state index contributed by atoms with van der Waals surface area (Å²) in [6.45, 7) is 2.59. The number of thiazole rings is 1. The predicted molar refractivity (Wildman–Crippen MR) is 57.4 cm³/mol. The first kappa shape index (κ1) is 11.0. The van der Waals surface area contributed by atoms with Crippen LogP contribution in [0.1, 0.15) is 10.6 Å². The Hall–Kier alpha value is -1.10. The smallest absolute Gasteiger partial charge is 0.319 e. The number of aryl methyl sites for hydroxylation is 1. The van der Waals surface area contributed by atoms with Gasteiger partial charge in [0, 0.05) is 26.0 Å². The average Bonchev–Trinajstić information content (AvgIpc) is 2.50. The van der Waals surface area contributed by atoms with Crippen molar-refractivity contribution in [3.63, 3.8) is 0 Å². The maximum Gasteiger partial charge on any atom is 0.319 e. The van der Waals surface area contributed by atoms with Gasteiger partial charge in [0.15, 0.2) is 0 Å². The van der Waals surface area contributed by atoms with Crippen LogP contribution in [0.2, 0.25) is 0 Å². The molecule has 4 nitrogen and oxygen atoms in total. The van der Waals surface area contributed by atoms with E-state index < -0.39 is 0 Å². The van der Waals surface area contributed by atoms with Crippen molar-refractivity contribution in [3.05, 3.63) is 16.1 Å². The van der Waals surface area contributed by atoms with Crippen LogP contribution in [0, 0.1) is 6.92 Å². The van der Waals surface area contributed by atoms with E-state index in [-0.39, 0.29) is 6.03 Å². The van der Waals surface area contributed by atoms with Crippen LogP contribution in [0.4, 0.5) is 4.79 Å². The van der Waals surface area contributed by atoms with Gasteiger partial charge in [-0.15, -0.1) is 11.3 Å². The zero-order valence-electron chi connectivity index (χ0n) is 8.94. The van der Waals surface area contributed by atoms with Crippen LogP contribution in [0.5, 0.6) is 0 Å². The third-order valence-corrected chi connectivity index (χ3v) is 2.85. The number of aromatic nitrogens is 1. The minimum atomic E-state index is 0.0119. The molecule has 2 amide bonds. The quantitative estimate of drug-likeness (QED) is 0.747. The van der Waals surface area contributed by atoms with Gasteiger partial charge in [-0.2, -0.15) is 0 Å². The van der Waals surface area contributed by atoms with Gasteiger partial charge in [-0.25, -0.2) is 9.78 Å². The Bertz CT molecular complexity index is 322. The molecular weight excluding hydrogens is 198 g/mol. The minimum absolute atomic E-state index is 0.0119. The maximum absolute atomic E-state index is 11.5. The lowest BCUT2D eigenvalue weighted by Crippen LogP contribution is -2.35. The van der Waals surface area contributed by atoms with Gasteiger partial charge in [0.05, 0.1) is 17.7 Å². The van der Waals surface area contributed by atoms with Crippen LogP contribution in [0.25, 0.3) is 0 Å². The summed E-state index contributed by atoms with van der Waals surface area (Å²) in [6.07, 6.45) is 0. The molecule has 1 rings (SSSR count). The van der Waals surface area contributed by atoms with Crippen molar-refractivity contribution >= 4 is 17.4 Å². The number of hydrogen-bond acceptors (Lipinski definition) is 3. The number of carbonyl (C=O) groups is 1. The molecule has 0 aliphatic heterocycles. The van der Waals surface area contributed by atoms with Crippen molar-refractivity contribution in [3.8, 4) is 0 Å². The number of rotatable bonds is 2. The first-order valence-electron chi connectivity index (χ1n) is 4.33. The Morgan fingerprint density at radius 2 is 2.14 bits per heavy atom. The third-order valence-electron chi connectivity index (χ3n) is 1.93. The normalized spacial score (nSPS) is 10.0. The monoisotopic (exact) mass is 213 g/mol. The summed E-state index contributed by atoms with van der Waals surface area (Å²) in [5, 5.41) is 0. The van der Waals surface area contributed by atoms with Crippen molar-refractivity contribution in [1.29, 1.82) is 0 Å². The number of carbonyl (C=O) groups excluding carboxylic acids is 1. The molecule has 78 valence electrons. The van der Waals surface area contributed by atoms with Crippen molar-refractivity contribution in [2.24, 2.45) is 0 Å². The van der Waals surface area contributed by atoms with Gasteiger partial charge < -0.3 is 9.80 Å². The fourth-order valence-electron chi connectivity index (χ4n) is 1.10. The number of hydrogen-bond donors (Lipinski definition) is 0. The first-order chi connectivity index (χ1) is 6.52. The molecule has 5 heteroatoms. The van der Waals surface area contributed by atoms with E-state index in [0.29, 0.717) is 6.54 Å². The molecular formula is C9H15N3OS. The molecule has 1 aromatic heterocycles. The van der Waals surface area contributed by atoms with Crippen LogP contribution >= 0.6 is 11.3 Å². The molecule has 0 N–H and O–H groups in total. The lowest BCUT2D eigenvalue weighted by atomic mass is 10.4. The molecule has 0 saturated carbocycles. The van der Waals surface area contributed by atoms with Gasteiger partial charge in [0.1, 0.15) is 0 Å². The fourth-order valence-corrected chi connectivity index (χ4v) is 1.93. The van der Waals surface area contributed by atoms with Gasteiger partial charge in [0.2, 0.25) is 0 Å². The zero-order chi connectivity index (χ0) is 10.7. The van der Waals surface area contributed by atoms with E-state index in [9.17, 15) is 4.79 Å². The number of urea groups is 1. The van der Waals surface area contributed by atoms with Crippen LogP contribution in [0.15, 0.2) is 5.51 Å². The summed E-state index contributed by atoms with van der Waals surface area (Å²) in [6, 6.07) is 0.0119. The van der Waals surface area contributed by atoms with Gasteiger partial charge in [-0.3, -0.25) is 0 Å². The van der Waals surface area contributed by atoms with Crippen molar-refractivity contribution in [1.82, 2.24) is 14.8 Å². The van der Waals surface area contributed by atoms with E-state index in [0.717, 1.165) is 10.6 Å². The Morgan fingerprint density at radius 3 is 2.57 bits per heavy atom. The Morgan fingerprint density at radius 1 is 1.50 bits per heavy atom. The summed E-state index contributed by atoms with van der Waals surface area (Å²) >= 11 is 1.58. The third kappa shape index (κ3) is 2.45. The molecule has 0 saturated heterocycles.